The number of hydrogen-bond donors (Lipinski definition) is 1. The van der Waals surface area contributed by atoms with Gasteiger partial charge in [-0.05, 0) is 12.1 Å². The fraction of sp³-hybridized carbons (Fsp3) is 0.200. The zero-order valence-electron chi connectivity index (χ0n) is 8.53. The molecule has 1 rings (SSSR count). The predicted molar refractivity (Wildman–Crippen MR) is 62.4 cm³/mol. The number of nitrogens with zero attached hydrogens (tertiary/aromatic N) is 3. The summed E-state index contributed by atoms with van der Waals surface area (Å²) >= 11 is 5.86. The van der Waals surface area contributed by atoms with Gasteiger partial charge in [-0.3, -0.25) is 0 Å². The van der Waals surface area contributed by atoms with E-state index in [0.29, 0.717) is 22.0 Å². The van der Waals surface area contributed by atoms with Crippen LogP contribution < -0.4 is 5.73 Å². The van der Waals surface area contributed by atoms with Gasteiger partial charge in [-0.1, -0.05) is 11.6 Å². The third-order valence-corrected chi connectivity index (χ3v) is 1.93. The Morgan fingerprint density at radius 3 is 2.73 bits per heavy atom. The highest BCUT2D eigenvalue weighted by Gasteiger charge is 2.06. The first-order chi connectivity index (χ1) is 7.04. The van der Waals surface area contributed by atoms with E-state index in [4.69, 9.17) is 22.6 Å². The lowest BCUT2D eigenvalue weighted by atomic mass is 10.2. The Morgan fingerprint density at radius 2 is 2.20 bits per heavy atom. The predicted octanol–water partition coefficient (Wildman–Crippen LogP) is 2.02. The Hall–Kier alpha value is -1.73. The Kier molecular flexibility index (Phi) is 3.53. The van der Waals surface area contributed by atoms with Gasteiger partial charge in [0.05, 0.1) is 22.6 Å². The Morgan fingerprint density at radius 1 is 1.53 bits per heavy atom. The van der Waals surface area contributed by atoms with Gasteiger partial charge in [0.1, 0.15) is 6.07 Å². The number of halogens is 1. The smallest absolute Gasteiger partial charge is 0.103 e. The van der Waals surface area contributed by atoms with Gasteiger partial charge >= 0.3 is 0 Å². The molecule has 0 saturated heterocycles. The zero-order valence-corrected chi connectivity index (χ0v) is 9.28. The first-order valence-electron chi connectivity index (χ1n) is 4.24. The number of nitrogen functional groups attached to an aromatic ring is 1. The van der Waals surface area contributed by atoms with E-state index in [1.54, 1.807) is 17.3 Å². The molecule has 0 aliphatic heterocycles. The number of aliphatic imine (C=N–C) groups is 1. The number of benzene rings is 1. The summed E-state index contributed by atoms with van der Waals surface area (Å²) in [5.74, 6) is 0. The molecular formula is C10H11ClN4. The molecule has 1 aromatic rings. The van der Waals surface area contributed by atoms with Crippen molar-refractivity contribution in [2.75, 3.05) is 19.8 Å². The number of nitriles is 1. The maximum atomic E-state index is 8.89. The van der Waals surface area contributed by atoms with E-state index < -0.39 is 0 Å². The Labute approximate surface area is 93.6 Å². The second-order valence-electron chi connectivity index (χ2n) is 3.22. The first-order valence-corrected chi connectivity index (χ1v) is 4.62. The van der Waals surface area contributed by atoms with Crippen LogP contribution in [-0.4, -0.2) is 25.3 Å². The van der Waals surface area contributed by atoms with E-state index in [9.17, 15) is 0 Å². The minimum Gasteiger partial charge on any atom is -0.399 e. The summed E-state index contributed by atoms with van der Waals surface area (Å²) in [5, 5.41) is 9.22. The molecule has 0 radical (unpaired) electrons. The lowest BCUT2D eigenvalue weighted by Crippen LogP contribution is -2.07. The molecule has 5 heteroatoms. The molecule has 0 bridgehead atoms. The van der Waals surface area contributed by atoms with Crippen molar-refractivity contribution in [2.45, 2.75) is 0 Å². The zero-order chi connectivity index (χ0) is 11.4. The maximum absolute atomic E-state index is 8.89. The van der Waals surface area contributed by atoms with Gasteiger partial charge in [0.25, 0.3) is 0 Å². The topological polar surface area (TPSA) is 65.4 Å². The van der Waals surface area contributed by atoms with Crippen molar-refractivity contribution in [2.24, 2.45) is 4.99 Å². The largest absolute Gasteiger partial charge is 0.399 e. The van der Waals surface area contributed by atoms with Crippen molar-refractivity contribution in [3.05, 3.63) is 22.7 Å². The molecule has 15 heavy (non-hydrogen) atoms. The van der Waals surface area contributed by atoms with Crippen molar-refractivity contribution in [3.63, 3.8) is 0 Å². The number of anilines is 1. The summed E-state index contributed by atoms with van der Waals surface area (Å²) in [7, 11) is 3.67. The molecule has 0 amide bonds. The van der Waals surface area contributed by atoms with Crippen LogP contribution in [-0.2, 0) is 0 Å². The molecule has 0 heterocycles. The van der Waals surface area contributed by atoms with Gasteiger partial charge in [-0.2, -0.15) is 5.26 Å². The Balaban J connectivity index is 3.22. The van der Waals surface area contributed by atoms with Gasteiger partial charge in [0.2, 0.25) is 0 Å². The number of hydrogen-bond acceptors (Lipinski definition) is 3. The number of nitrogens with two attached hydrogens (primary N) is 1. The molecule has 0 aliphatic carbocycles. The number of rotatable bonds is 2. The van der Waals surface area contributed by atoms with E-state index in [1.165, 1.54) is 6.07 Å². The minimum absolute atomic E-state index is 0.323. The molecule has 2 N–H and O–H groups in total. The Bertz CT molecular complexity index is 432. The molecule has 1 aromatic carbocycles. The normalized spacial score (nSPS) is 10.3. The molecule has 78 valence electrons. The summed E-state index contributed by atoms with van der Waals surface area (Å²) in [6, 6.07) is 5.15. The molecule has 0 atom stereocenters. The lowest BCUT2D eigenvalue weighted by Gasteiger charge is -2.05. The fourth-order valence-corrected chi connectivity index (χ4v) is 1.27. The summed E-state index contributed by atoms with van der Waals surface area (Å²) in [6.45, 7) is 0. The third-order valence-electron chi connectivity index (χ3n) is 1.63. The van der Waals surface area contributed by atoms with E-state index in [1.807, 2.05) is 20.2 Å². The molecule has 0 unspecified atom stereocenters. The van der Waals surface area contributed by atoms with Crippen molar-refractivity contribution in [1.29, 1.82) is 5.26 Å². The van der Waals surface area contributed by atoms with E-state index in [0.717, 1.165) is 0 Å². The first kappa shape index (κ1) is 11.3. The summed E-state index contributed by atoms with van der Waals surface area (Å²) in [4.78, 5) is 5.87. The minimum atomic E-state index is 0.323. The van der Waals surface area contributed by atoms with E-state index in [2.05, 4.69) is 4.99 Å². The highest BCUT2D eigenvalue weighted by Crippen LogP contribution is 2.29. The third kappa shape index (κ3) is 2.86. The van der Waals surface area contributed by atoms with Crippen LogP contribution >= 0.6 is 11.6 Å². The van der Waals surface area contributed by atoms with Crippen LogP contribution in [0.25, 0.3) is 0 Å². The average Bonchev–Trinajstić information content (AvgIpc) is 2.13. The van der Waals surface area contributed by atoms with Gasteiger partial charge in [-0.25, -0.2) is 4.99 Å². The standard InChI is InChI=1S/C10H11ClN4/c1-15(2)6-14-10-4-7(13)3-9(11)8(10)5-12/h3-4,6H,13H2,1-2H3. The van der Waals surface area contributed by atoms with Gasteiger partial charge in [0, 0.05) is 19.8 Å². The molecule has 0 spiro atoms. The molecular weight excluding hydrogens is 212 g/mol. The lowest BCUT2D eigenvalue weighted by molar-refractivity contribution is 0.643. The average molecular weight is 223 g/mol. The van der Waals surface area contributed by atoms with Gasteiger partial charge in [0.15, 0.2) is 0 Å². The summed E-state index contributed by atoms with van der Waals surface area (Å²) in [6.07, 6.45) is 1.59. The van der Waals surface area contributed by atoms with Crippen LogP contribution in [0.5, 0.6) is 0 Å². The molecule has 0 aromatic heterocycles. The quantitative estimate of drug-likeness (QED) is 0.473. The van der Waals surface area contributed by atoms with Crippen LogP contribution in [0, 0.1) is 11.3 Å². The van der Waals surface area contributed by atoms with E-state index in [-0.39, 0.29) is 0 Å². The fourth-order valence-electron chi connectivity index (χ4n) is 1.00. The van der Waals surface area contributed by atoms with Gasteiger partial charge < -0.3 is 10.6 Å². The maximum Gasteiger partial charge on any atom is 0.103 e. The monoisotopic (exact) mass is 222 g/mol. The van der Waals surface area contributed by atoms with Crippen LogP contribution in [0.2, 0.25) is 5.02 Å². The van der Waals surface area contributed by atoms with Crippen molar-refractivity contribution < 1.29 is 0 Å². The highest BCUT2D eigenvalue weighted by atomic mass is 35.5. The van der Waals surface area contributed by atoms with Crippen LogP contribution in [0.3, 0.4) is 0 Å². The molecule has 0 aliphatic rings. The SMILES string of the molecule is CN(C)C=Nc1cc(N)cc(Cl)c1C#N. The summed E-state index contributed by atoms with van der Waals surface area (Å²) < 4.78 is 0. The van der Waals surface area contributed by atoms with E-state index >= 15 is 0 Å². The summed E-state index contributed by atoms with van der Waals surface area (Å²) in [5.41, 5.74) is 6.92. The van der Waals surface area contributed by atoms with Gasteiger partial charge in [-0.15, -0.1) is 0 Å². The van der Waals surface area contributed by atoms with Crippen molar-refractivity contribution in [3.8, 4) is 6.07 Å². The second kappa shape index (κ2) is 4.67. The van der Waals surface area contributed by atoms with Crippen molar-refractivity contribution >= 4 is 29.3 Å². The van der Waals surface area contributed by atoms with Crippen LogP contribution in [0.4, 0.5) is 11.4 Å². The van der Waals surface area contributed by atoms with Crippen molar-refractivity contribution in [1.82, 2.24) is 4.90 Å². The molecule has 4 nitrogen and oxygen atoms in total. The molecule has 0 saturated carbocycles. The van der Waals surface area contributed by atoms with Crippen LogP contribution in [0.1, 0.15) is 5.56 Å². The molecule has 0 fully saturated rings. The highest BCUT2D eigenvalue weighted by molar-refractivity contribution is 6.32. The second-order valence-corrected chi connectivity index (χ2v) is 3.62. The van der Waals surface area contributed by atoms with Crippen LogP contribution in [0.15, 0.2) is 17.1 Å².